The monoisotopic (exact) mass is 284 g/mol. The summed E-state index contributed by atoms with van der Waals surface area (Å²) in [6.07, 6.45) is 1.54. The first-order chi connectivity index (χ1) is 8.79. The number of nitrogens with one attached hydrogen (secondary N) is 1. The molecular formula is C12H20N4O2S. The number of aromatic amines is 1. The third-order valence-electron chi connectivity index (χ3n) is 3.09. The van der Waals surface area contributed by atoms with Gasteiger partial charge in [-0.1, -0.05) is 0 Å². The summed E-state index contributed by atoms with van der Waals surface area (Å²) in [5.74, 6) is 0.786. The van der Waals surface area contributed by atoms with Gasteiger partial charge in [-0.15, -0.1) is 0 Å². The lowest BCUT2D eigenvalue weighted by Gasteiger charge is -2.28. The SMILES string of the molecule is Cn1c([C@@H]2CCCN2C(=O)OC(C)(C)C)n[nH]c1=S. The van der Waals surface area contributed by atoms with E-state index in [4.69, 9.17) is 17.0 Å². The maximum absolute atomic E-state index is 12.2. The molecule has 19 heavy (non-hydrogen) atoms. The second kappa shape index (κ2) is 4.96. The van der Waals surface area contributed by atoms with Crippen LogP contribution in [-0.4, -0.2) is 37.9 Å². The highest BCUT2D eigenvalue weighted by Gasteiger charge is 2.35. The van der Waals surface area contributed by atoms with E-state index >= 15 is 0 Å². The number of carbonyl (C=O) groups excluding carboxylic acids is 1. The smallest absolute Gasteiger partial charge is 0.410 e. The zero-order valence-electron chi connectivity index (χ0n) is 11.8. The number of aromatic nitrogens is 3. The Kier molecular flexibility index (Phi) is 3.66. The van der Waals surface area contributed by atoms with Crippen molar-refractivity contribution >= 4 is 18.3 Å². The van der Waals surface area contributed by atoms with Crippen LogP contribution in [0.2, 0.25) is 0 Å². The van der Waals surface area contributed by atoms with Crippen molar-refractivity contribution in [2.24, 2.45) is 7.05 Å². The summed E-state index contributed by atoms with van der Waals surface area (Å²) in [5, 5.41) is 6.98. The van der Waals surface area contributed by atoms with Crippen LogP contribution in [0.4, 0.5) is 4.79 Å². The first kappa shape index (κ1) is 14.0. The fourth-order valence-corrected chi connectivity index (χ4v) is 2.37. The average Bonchev–Trinajstić information content (AvgIpc) is 2.85. The van der Waals surface area contributed by atoms with Crippen LogP contribution in [0.3, 0.4) is 0 Å². The Morgan fingerprint density at radius 1 is 1.53 bits per heavy atom. The number of hydrogen-bond donors (Lipinski definition) is 1. The molecule has 1 aliphatic rings. The van der Waals surface area contributed by atoms with Crippen LogP contribution in [0.25, 0.3) is 0 Å². The quantitative estimate of drug-likeness (QED) is 0.805. The standard InChI is InChI=1S/C12H20N4O2S/c1-12(2,3)18-11(17)16-7-5-6-8(16)9-13-14-10(19)15(9)4/h8H,5-7H2,1-4H3,(H,14,19)/t8-/m0/s1. The van der Waals surface area contributed by atoms with E-state index in [1.165, 1.54) is 0 Å². The third kappa shape index (κ3) is 2.97. The summed E-state index contributed by atoms with van der Waals surface area (Å²) in [4.78, 5) is 13.9. The van der Waals surface area contributed by atoms with Gasteiger partial charge in [0.1, 0.15) is 5.60 Å². The molecule has 0 radical (unpaired) electrons. The van der Waals surface area contributed by atoms with Gasteiger partial charge in [-0.3, -0.25) is 10.00 Å². The Balaban J connectivity index is 2.20. The van der Waals surface area contributed by atoms with Gasteiger partial charge >= 0.3 is 6.09 Å². The lowest BCUT2D eigenvalue weighted by molar-refractivity contribution is 0.0216. The fourth-order valence-electron chi connectivity index (χ4n) is 2.23. The lowest BCUT2D eigenvalue weighted by Crippen LogP contribution is -2.37. The summed E-state index contributed by atoms with van der Waals surface area (Å²) < 4.78 is 7.80. The van der Waals surface area contributed by atoms with E-state index in [0.717, 1.165) is 18.7 Å². The molecule has 0 saturated carbocycles. The molecule has 0 bridgehead atoms. The minimum absolute atomic E-state index is 0.0622. The molecule has 0 spiro atoms. The highest BCUT2D eigenvalue weighted by molar-refractivity contribution is 7.71. The van der Waals surface area contributed by atoms with Gasteiger partial charge in [0.2, 0.25) is 0 Å². The number of likely N-dealkylation sites (tertiary alicyclic amines) is 1. The highest BCUT2D eigenvalue weighted by Crippen LogP contribution is 2.31. The molecule has 7 heteroatoms. The van der Waals surface area contributed by atoms with Crippen molar-refractivity contribution in [2.45, 2.75) is 45.3 Å². The van der Waals surface area contributed by atoms with Crippen molar-refractivity contribution in [2.75, 3.05) is 6.54 Å². The van der Waals surface area contributed by atoms with Crippen molar-refractivity contribution in [1.82, 2.24) is 19.7 Å². The molecule has 6 nitrogen and oxygen atoms in total. The Morgan fingerprint density at radius 2 is 2.21 bits per heavy atom. The molecular weight excluding hydrogens is 264 g/mol. The Bertz CT molecular complexity index is 529. The van der Waals surface area contributed by atoms with E-state index in [1.54, 1.807) is 4.90 Å². The zero-order chi connectivity index (χ0) is 14.2. The third-order valence-corrected chi connectivity index (χ3v) is 3.46. The predicted octanol–water partition coefficient (Wildman–Crippen LogP) is 2.55. The summed E-state index contributed by atoms with van der Waals surface area (Å²) in [5.41, 5.74) is -0.485. The van der Waals surface area contributed by atoms with E-state index in [9.17, 15) is 4.79 Å². The molecule has 2 rings (SSSR count). The van der Waals surface area contributed by atoms with Gasteiger partial charge in [0.25, 0.3) is 0 Å². The van der Waals surface area contributed by atoms with Gasteiger partial charge in [-0.05, 0) is 45.8 Å². The minimum Gasteiger partial charge on any atom is -0.444 e. The van der Waals surface area contributed by atoms with Gasteiger partial charge in [-0.2, -0.15) is 5.10 Å². The van der Waals surface area contributed by atoms with Crippen LogP contribution in [0.15, 0.2) is 0 Å². The van der Waals surface area contributed by atoms with Crippen molar-refractivity contribution in [3.05, 3.63) is 10.6 Å². The topological polar surface area (TPSA) is 63.1 Å². The summed E-state index contributed by atoms with van der Waals surface area (Å²) >= 11 is 5.11. The van der Waals surface area contributed by atoms with Gasteiger partial charge < -0.3 is 9.30 Å². The van der Waals surface area contributed by atoms with Gasteiger partial charge in [0.05, 0.1) is 6.04 Å². The van der Waals surface area contributed by atoms with Crippen LogP contribution in [0.1, 0.15) is 45.5 Å². The van der Waals surface area contributed by atoms with E-state index < -0.39 is 5.60 Å². The molecule has 2 heterocycles. The zero-order valence-corrected chi connectivity index (χ0v) is 12.6. The Labute approximate surface area is 117 Å². The first-order valence-corrected chi connectivity index (χ1v) is 6.81. The van der Waals surface area contributed by atoms with E-state index in [2.05, 4.69) is 10.2 Å². The van der Waals surface area contributed by atoms with Crippen LogP contribution in [-0.2, 0) is 11.8 Å². The van der Waals surface area contributed by atoms with Crippen LogP contribution < -0.4 is 0 Å². The molecule has 1 saturated heterocycles. The predicted molar refractivity (Wildman–Crippen MR) is 73.3 cm³/mol. The minimum atomic E-state index is -0.485. The molecule has 106 valence electrons. The number of amides is 1. The summed E-state index contributed by atoms with van der Waals surface area (Å²) in [6, 6.07) is -0.0622. The number of nitrogens with zero attached hydrogens (tertiary/aromatic N) is 3. The second-order valence-electron chi connectivity index (χ2n) is 5.78. The van der Waals surface area contributed by atoms with E-state index in [0.29, 0.717) is 11.3 Å². The number of carbonyl (C=O) groups is 1. The van der Waals surface area contributed by atoms with Gasteiger partial charge in [-0.25, -0.2) is 4.79 Å². The molecule has 1 N–H and O–H groups in total. The molecule has 0 aliphatic carbocycles. The second-order valence-corrected chi connectivity index (χ2v) is 6.16. The molecule has 1 aliphatic heterocycles. The van der Waals surface area contributed by atoms with Gasteiger partial charge in [0.15, 0.2) is 10.6 Å². The van der Waals surface area contributed by atoms with Crippen LogP contribution in [0, 0.1) is 4.77 Å². The maximum atomic E-state index is 12.2. The highest BCUT2D eigenvalue weighted by atomic mass is 32.1. The van der Waals surface area contributed by atoms with Crippen LogP contribution >= 0.6 is 12.2 Å². The number of hydrogen-bond acceptors (Lipinski definition) is 4. The van der Waals surface area contributed by atoms with Gasteiger partial charge in [0, 0.05) is 13.6 Å². The van der Waals surface area contributed by atoms with Crippen molar-refractivity contribution in [1.29, 1.82) is 0 Å². The van der Waals surface area contributed by atoms with Crippen molar-refractivity contribution < 1.29 is 9.53 Å². The Hall–Kier alpha value is -1.37. The Morgan fingerprint density at radius 3 is 2.74 bits per heavy atom. The molecule has 0 unspecified atom stereocenters. The summed E-state index contributed by atoms with van der Waals surface area (Å²) in [7, 11) is 1.85. The fraction of sp³-hybridized carbons (Fsp3) is 0.750. The van der Waals surface area contributed by atoms with Crippen molar-refractivity contribution in [3.63, 3.8) is 0 Å². The number of ether oxygens (including phenoxy) is 1. The lowest BCUT2D eigenvalue weighted by atomic mass is 10.2. The van der Waals surface area contributed by atoms with Crippen LogP contribution in [0.5, 0.6) is 0 Å². The van der Waals surface area contributed by atoms with E-state index in [-0.39, 0.29) is 12.1 Å². The largest absolute Gasteiger partial charge is 0.444 e. The molecule has 0 aromatic carbocycles. The average molecular weight is 284 g/mol. The number of rotatable bonds is 1. The van der Waals surface area contributed by atoms with E-state index in [1.807, 2.05) is 32.4 Å². The summed E-state index contributed by atoms with van der Waals surface area (Å²) in [6.45, 7) is 6.29. The number of H-pyrrole nitrogens is 1. The molecule has 1 aromatic rings. The molecule has 1 aromatic heterocycles. The normalized spacial score (nSPS) is 19.8. The first-order valence-electron chi connectivity index (χ1n) is 6.40. The molecule has 1 fully saturated rings. The molecule has 1 amide bonds. The maximum Gasteiger partial charge on any atom is 0.410 e. The molecule has 1 atom stereocenters. The van der Waals surface area contributed by atoms with Crippen molar-refractivity contribution in [3.8, 4) is 0 Å².